The summed E-state index contributed by atoms with van der Waals surface area (Å²) in [6.45, 7) is 2.19. The Bertz CT molecular complexity index is 581. The Labute approximate surface area is 107 Å². The second-order valence-corrected chi connectivity index (χ2v) is 5.13. The highest BCUT2D eigenvalue weighted by Gasteiger charge is 2.36. The van der Waals surface area contributed by atoms with E-state index < -0.39 is 0 Å². The minimum absolute atomic E-state index is 0.111. The van der Waals surface area contributed by atoms with Gasteiger partial charge in [0.05, 0.1) is 7.11 Å². The first-order valence-corrected chi connectivity index (χ1v) is 6.25. The van der Waals surface area contributed by atoms with Crippen LogP contribution in [0, 0.1) is 0 Å². The maximum atomic E-state index is 11.5. The zero-order valence-electron chi connectivity index (χ0n) is 10.7. The summed E-state index contributed by atoms with van der Waals surface area (Å²) in [5.41, 5.74) is 3.73. The van der Waals surface area contributed by atoms with Crippen LogP contribution in [-0.2, 0) is 16.6 Å². The summed E-state index contributed by atoms with van der Waals surface area (Å²) in [6.07, 6.45) is 7.45. The van der Waals surface area contributed by atoms with Crippen molar-refractivity contribution in [1.29, 1.82) is 0 Å². The van der Waals surface area contributed by atoms with Crippen molar-refractivity contribution < 1.29 is 9.53 Å². The number of hydrogen-bond acceptors (Lipinski definition) is 2. The van der Waals surface area contributed by atoms with Crippen LogP contribution in [0.25, 0.3) is 0 Å². The first kappa shape index (κ1) is 11.3. The average Bonchev–Trinajstić information content (AvgIpc) is 2.39. The summed E-state index contributed by atoms with van der Waals surface area (Å²) in [5.74, 6) is 1.01. The SMILES string of the molecule is COc1ccc2c(c1)CCC1=CC(=O)C=C[C@]12C. The Morgan fingerprint density at radius 1 is 1.28 bits per heavy atom. The number of methoxy groups -OCH3 is 1. The maximum Gasteiger partial charge on any atom is 0.178 e. The molecule has 2 heteroatoms. The molecule has 18 heavy (non-hydrogen) atoms. The van der Waals surface area contributed by atoms with E-state index in [-0.39, 0.29) is 11.2 Å². The second kappa shape index (κ2) is 3.84. The number of allylic oxidation sites excluding steroid dienone is 4. The van der Waals surface area contributed by atoms with Crippen molar-refractivity contribution in [2.45, 2.75) is 25.2 Å². The molecule has 0 saturated heterocycles. The van der Waals surface area contributed by atoms with E-state index in [9.17, 15) is 4.79 Å². The van der Waals surface area contributed by atoms with Crippen molar-refractivity contribution in [2.24, 2.45) is 0 Å². The van der Waals surface area contributed by atoms with Gasteiger partial charge in [-0.2, -0.15) is 0 Å². The molecular weight excluding hydrogens is 224 g/mol. The van der Waals surface area contributed by atoms with Crippen molar-refractivity contribution in [2.75, 3.05) is 7.11 Å². The van der Waals surface area contributed by atoms with Gasteiger partial charge in [0.1, 0.15) is 5.75 Å². The fraction of sp³-hybridized carbons (Fsp3) is 0.312. The third-order valence-electron chi connectivity index (χ3n) is 4.10. The van der Waals surface area contributed by atoms with Crippen molar-refractivity contribution >= 4 is 5.78 Å². The van der Waals surface area contributed by atoms with E-state index in [1.54, 1.807) is 19.3 Å². The number of carbonyl (C=O) groups excluding carboxylic acids is 1. The minimum Gasteiger partial charge on any atom is -0.497 e. The number of hydrogen-bond donors (Lipinski definition) is 0. The smallest absolute Gasteiger partial charge is 0.178 e. The minimum atomic E-state index is -0.117. The lowest BCUT2D eigenvalue weighted by Crippen LogP contribution is -2.30. The Morgan fingerprint density at radius 2 is 2.11 bits per heavy atom. The van der Waals surface area contributed by atoms with Crippen LogP contribution >= 0.6 is 0 Å². The van der Waals surface area contributed by atoms with Gasteiger partial charge in [-0.15, -0.1) is 0 Å². The van der Waals surface area contributed by atoms with E-state index in [4.69, 9.17) is 4.74 Å². The largest absolute Gasteiger partial charge is 0.497 e. The van der Waals surface area contributed by atoms with Gasteiger partial charge in [0.15, 0.2) is 5.78 Å². The summed E-state index contributed by atoms with van der Waals surface area (Å²) >= 11 is 0. The third-order valence-corrected chi connectivity index (χ3v) is 4.10. The first-order chi connectivity index (χ1) is 8.63. The van der Waals surface area contributed by atoms with Gasteiger partial charge in [-0.05, 0) is 55.2 Å². The second-order valence-electron chi connectivity index (χ2n) is 5.13. The van der Waals surface area contributed by atoms with E-state index in [0.717, 1.165) is 18.6 Å². The molecule has 0 radical (unpaired) electrons. The molecule has 1 aromatic rings. The van der Waals surface area contributed by atoms with E-state index in [2.05, 4.69) is 19.1 Å². The van der Waals surface area contributed by atoms with Gasteiger partial charge in [0.2, 0.25) is 0 Å². The van der Waals surface area contributed by atoms with Crippen LogP contribution in [0.15, 0.2) is 42.0 Å². The van der Waals surface area contributed by atoms with Crippen molar-refractivity contribution in [3.8, 4) is 5.75 Å². The molecule has 0 bridgehead atoms. The molecule has 3 rings (SSSR count). The van der Waals surface area contributed by atoms with Gasteiger partial charge in [0.25, 0.3) is 0 Å². The fourth-order valence-electron chi connectivity index (χ4n) is 3.00. The first-order valence-electron chi connectivity index (χ1n) is 6.25. The lowest BCUT2D eigenvalue weighted by molar-refractivity contribution is -0.110. The lowest BCUT2D eigenvalue weighted by atomic mass is 9.66. The molecule has 0 unspecified atom stereocenters. The number of aryl methyl sites for hydroxylation is 1. The molecule has 0 N–H and O–H groups in total. The molecule has 0 fully saturated rings. The van der Waals surface area contributed by atoms with Gasteiger partial charge in [0, 0.05) is 5.41 Å². The Hall–Kier alpha value is -1.83. The lowest BCUT2D eigenvalue weighted by Gasteiger charge is -2.38. The Balaban J connectivity index is 2.15. The highest BCUT2D eigenvalue weighted by molar-refractivity contribution is 6.01. The van der Waals surface area contributed by atoms with Crippen molar-refractivity contribution in [1.82, 2.24) is 0 Å². The number of benzene rings is 1. The van der Waals surface area contributed by atoms with E-state index in [0.29, 0.717) is 0 Å². The summed E-state index contributed by atoms with van der Waals surface area (Å²) in [4.78, 5) is 11.5. The van der Waals surface area contributed by atoms with Crippen LogP contribution in [0.2, 0.25) is 0 Å². The standard InChI is InChI=1S/C16H16O2/c1-16-8-7-13(17)10-12(16)4-3-11-9-14(18-2)5-6-15(11)16/h5-10H,3-4H2,1-2H3/t16-/m1/s1. The Morgan fingerprint density at radius 3 is 2.89 bits per heavy atom. The van der Waals surface area contributed by atoms with Crippen molar-refractivity contribution in [3.05, 3.63) is 53.1 Å². The monoisotopic (exact) mass is 240 g/mol. The van der Waals surface area contributed by atoms with E-state index in [1.807, 2.05) is 12.1 Å². The fourth-order valence-corrected chi connectivity index (χ4v) is 3.00. The van der Waals surface area contributed by atoms with Gasteiger partial charge in [-0.3, -0.25) is 4.79 Å². The predicted octanol–water partition coefficient (Wildman–Crippen LogP) is 2.96. The zero-order valence-corrected chi connectivity index (χ0v) is 10.7. The van der Waals surface area contributed by atoms with Crippen LogP contribution in [-0.4, -0.2) is 12.9 Å². The molecule has 92 valence electrons. The summed E-state index contributed by atoms with van der Waals surface area (Å²) in [6, 6.07) is 6.24. The van der Waals surface area contributed by atoms with Crippen LogP contribution in [0.3, 0.4) is 0 Å². The van der Waals surface area contributed by atoms with Crippen molar-refractivity contribution in [3.63, 3.8) is 0 Å². The maximum absolute atomic E-state index is 11.5. The zero-order chi connectivity index (χ0) is 12.8. The molecule has 1 atom stereocenters. The number of rotatable bonds is 1. The van der Waals surface area contributed by atoms with Gasteiger partial charge in [-0.1, -0.05) is 17.7 Å². The molecule has 0 aromatic heterocycles. The summed E-state index contributed by atoms with van der Waals surface area (Å²) in [5, 5.41) is 0. The van der Waals surface area contributed by atoms with Gasteiger partial charge < -0.3 is 4.74 Å². The normalized spacial score (nSPS) is 25.2. The quantitative estimate of drug-likeness (QED) is 0.754. The molecule has 1 aromatic carbocycles. The highest BCUT2D eigenvalue weighted by Crippen LogP contribution is 2.44. The molecule has 0 aliphatic heterocycles. The number of ether oxygens (including phenoxy) is 1. The highest BCUT2D eigenvalue weighted by atomic mass is 16.5. The van der Waals surface area contributed by atoms with Gasteiger partial charge in [-0.25, -0.2) is 0 Å². The van der Waals surface area contributed by atoms with Crippen LogP contribution in [0.1, 0.15) is 24.5 Å². The number of ketones is 1. The Kier molecular flexibility index (Phi) is 2.40. The molecule has 2 aliphatic rings. The molecule has 0 saturated carbocycles. The molecule has 2 aliphatic carbocycles. The third kappa shape index (κ3) is 1.52. The van der Waals surface area contributed by atoms with Gasteiger partial charge >= 0.3 is 0 Å². The molecule has 0 heterocycles. The van der Waals surface area contributed by atoms with Crippen LogP contribution in [0.4, 0.5) is 0 Å². The van der Waals surface area contributed by atoms with E-state index >= 15 is 0 Å². The topological polar surface area (TPSA) is 26.3 Å². The summed E-state index contributed by atoms with van der Waals surface area (Å²) in [7, 11) is 1.69. The van der Waals surface area contributed by atoms with E-state index in [1.165, 1.54) is 16.7 Å². The molecular formula is C16H16O2. The predicted molar refractivity (Wildman–Crippen MR) is 70.9 cm³/mol. The molecule has 0 amide bonds. The average molecular weight is 240 g/mol. The van der Waals surface area contributed by atoms with Crippen LogP contribution in [0.5, 0.6) is 5.75 Å². The molecule has 0 spiro atoms. The summed E-state index contributed by atoms with van der Waals surface area (Å²) < 4.78 is 5.28. The number of fused-ring (bicyclic) bond motifs is 3. The van der Waals surface area contributed by atoms with Crippen LogP contribution < -0.4 is 4.74 Å². The molecule has 2 nitrogen and oxygen atoms in total. The number of carbonyl (C=O) groups is 1.